The lowest BCUT2D eigenvalue weighted by atomic mass is 10.2. The van der Waals surface area contributed by atoms with Crippen molar-refractivity contribution in [1.29, 1.82) is 0 Å². The van der Waals surface area contributed by atoms with Gasteiger partial charge in [0, 0.05) is 11.8 Å². The molecule has 0 saturated heterocycles. The van der Waals surface area contributed by atoms with Crippen LogP contribution in [-0.2, 0) is 0 Å². The SMILES string of the molecule is CCOc1ccc(-n2c(N)nc3cc(I)c(F)cc32)cc1. The van der Waals surface area contributed by atoms with Gasteiger partial charge in [0.25, 0.3) is 0 Å². The minimum absolute atomic E-state index is 0.282. The van der Waals surface area contributed by atoms with Gasteiger partial charge in [0.15, 0.2) is 0 Å². The van der Waals surface area contributed by atoms with Gasteiger partial charge in [0.2, 0.25) is 5.95 Å². The van der Waals surface area contributed by atoms with Gasteiger partial charge >= 0.3 is 0 Å². The Labute approximate surface area is 134 Å². The van der Waals surface area contributed by atoms with E-state index in [0.29, 0.717) is 27.2 Å². The fraction of sp³-hybridized carbons (Fsp3) is 0.133. The molecule has 0 saturated carbocycles. The number of benzene rings is 2. The first-order valence-electron chi connectivity index (χ1n) is 6.46. The summed E-state index contributed by atoms with van der Waals surface area (Å²) in [7, 11) is 0. The third kappa shape index (κ3) is 2.55. The summed E-state index contributed by atoms with van der Waals surface area (Å²) in [5.41, 5.74) is 8.12. The molecule has 0 amide bonds. The molecule has 3 rings (SSSR count). The Kier molecular flexibility index (Phi) is 3.71. The highest BCUT2D eigenvalue weighted by molar-refractivity contribution is 14.1. The zero-order valence-corrected chi connectivity index (χ0v) is 13.5. The van der Waals surface area contributed by atoms with E-state index in [1.807, 2.05) is 53.8 Å². The molecule has 0 aliphatic carbocycles. The molecule has 4 nitrogen and oxygen atoms in total. The Balaban J connectivity index is 2.15. The Morgan fingerprint density at radius 2 is 2.00 bits per heavy atom. The summed E-state index contributed by atoms with van der Waals surface area (Å²) in [5, 5.41) is 0. The van der Waals surface area contributed by atoms with Crippen molar-refractivity contribution in [3.05, 3.63) is 45.8 Å². The first-order chi connectivity index (χ1) is 10.1. The largest absolute Gasteiger partial charge is 0.494 e. The summed E-state index contributed by atoms with van der Waals surface area (Å²) in [5.74, 6) is 0.829. The summed E-state index contributed by atoms with van der Waals surface area (Å²) >= 11 is 1.94. The molecule has 1 aromatic heterocycles. The first-order valence-corrected chi connectivity index (χ1v) is 7.54. The summed E-state index contributed by atoms with van der Waals surface area (Å²) in [6.07, 6.45) is 0. The molecule has 0 atom stereocenters. The number of nitrogen functional groups attached to an aromatic ring is 1. The molecule has 21 heavy (non-hydrogen) atoms. The van der Waals surface area contributed by atoms with Crippen molar-refractivity contribution in [3.63, 3.8) is 0 Å². The highest BCUT2D eigenvalue weighted by Crippen LogP contribution is 2.27. The number of aromatic nitrogens is 2. The maximum Gasteiger partial charge on any atom is 0.205 e. The van der Waals surface area contributed by atoms with Crippen molar-refractivity contribution in [2.45, 2.75) is 6.92 Å². The highest BCUT2D eigenvalue weighted by atomic mass is 127. The van der Waals surface area contributed by atoms with Crippen LogP contribution in [0.1, 0.15) is 6.92 Å². The predicted octanol–water partition coefficient (Wildman–Crippen LogP) is 3.75. The van der Waals surface area contributed by atoms with Crippen LogP contribution in [-0.4, -0.2) is 16.2 Å². The van der Waals surface area contributed by atoms with Crippen molar-refractivity contribution in [2.75, 3.05) is 12.3 Å². The van der Waals surface area contributed by atoms with Gasteiger partial charge in [0.05, 0.1) is 21.2 Å². The van der Waals surface area contributed by atoms with Crippen molar-refractivity contribution in [2.24, 2.45) is 0 Å². The second-order valence-electron chi connectivity index (χ2n) is 4.49. The monoisotopic (exact) mass is 397 g/mol. The third-order valence-corrected chi connectivity index (χ3v) is 3.96. The third-order valence-electron chi connectivity index (χ3n) is 3.13. The normalized spacial score (nSPS) is 11.0. The lowest BCUT2D eigenvalue weighted by Crippen LogP contribution is -2.01. The number of ether oxygens (including phenoxy) is 1. The Hall–Kier alpha value is -1.83. The molecule has 0 radical (unpaired) electrons. The molecule has 108 valence electrons. The van der Waals surface area contributed by atoms with Gasteiger partial charge in [0.1, 0.15) is 11.6 Å². The van der Waals surface area contributed by atoms with Crippen LogP contribution in [0.5, 0.6) is 5.75 Å². The molecule has 3 aromatic rings. The van der Waals surface area contributed by atoms with Crippen LogP contribution in [0.2, 0.25) is 0 Å². The Morgan fingerprint density at radius 3 is 2.67 bits per heavy atom. The van der Waals surface area contributed by atoms with Crippen molar-refractivity contribution in [3.8, 4) is 11.4 Å². The number of nitrogens with zero attached hydrogens (tertiary/aromatic N) is 2. The van der Waals surface area contributed by atoms with Crippen molar-refractivity contribution >= 4 is 39.6 Å². The number of imidazole rings is 1. The quantitative estimate of drug-likeness (QED) is 0.685. The molecular formula is C15H13FIN3O. The second kappa shape index (κ2) is 5.51. The molecule has 0 spiro atoms. The number of halogens is 2. The van der Waals surface area contributed by atoms with E-state index in [1.165, 1.54) is 6.07 Å². The van der Waals surface area contributed by atoms with Crippen LogP contribution in [0.4, 0.5) is 10.3 Å². The summed E-state index contributed by atoms with van der Waals surface area (Å²) in [6, 6.07) is 10.6. The van der Waals surface area contributed by atoms with Gasteiger partial charge in [-0.2, -0.15) is 0 Å². The minimum atomic E-state index is -0.282. The van der Waals surface area contributed by atoms with E-state index < -0.39 is 0 Å². The van der Waals surface area contributed by atoms with Crippen molar-refractivity contribution < 1.29 is 9.13 Å². The molecule has 0 aliphatic heterocycles. The number of hydrogen-bond donors (Lipinski definition) is 1. The maximum absolute atomic E-state index is 13.8. The summed E-state index contributed by atoms with van der Waals surface area (Å²) < 4.78 is 21.5. The van der Waals surface area contributed by atoms with Crippen LogP contribution in [0.25, 0.3) is 16.7 Å². The minimum Gasteiger partial charge on any atom is -0.494 e. The van der Waals surface area contributed by atoms with E-state index >= 15 is 0 Å². The van der Waals surface area contributed by atoms with Crippen LogP contribution in [0.15, 0.2) is 36.4 Å². The molecule has 1 heterocycles. The van der Waals surface area contributed by atoms with Gasteiger partial charge < -0.3 is 10.5 Å². The number of nitrogens with two attached hydrogens (primary N) is 1. The molecule has 6 heteroatoms. The number of rotatable bonds is 3. The van der Waals surface area contributed by atoms with Gasteiger partial charge in [-0.05, 0) is 59.8 Å². The van der Waals surface area contributed by atoms with Crippen LogP contribution in [0.3, 0.4) is 0 Å². The maximum atomic E-state index is 13.8. The number of hydrogen-bond acceptors (Lipinski definition) is 3. The standard InChI is InChI=1S/C15H13FIN3O/c1-2-21-10-5-3-9(4-6-10)20-14-7-11(16)12(17)8-13(14)19-15(20)18/h3-8H,2H2,1H3,(H2,18,19). The number of anilines is 1. The van der Waals surface area contributed by atoms with Gasteiger partial charge in [-0.1, -0.05) is 0 Å². The zero-order chi connectivity index (χ0) is 15.0. The van der Waals surface area contributed by atoms with Crippen LogP contribution >= 0.6 is 22.6 Å². The van der Waals surface area contributed by atoms with Gasteiger partial charge in [-0.15, -0.1) is 0 Å². The lowest BCUT2D eigenvalue weighted by molar-refractivity contribution is 0.340. The Morgan fingerprint density at radius 1 is 1.29 bits per heavy atom. The smallest absolute Gasteiger partial charge is 0.205 e. The zero-order valence-electron chi connectivity index (χ0n) is 11.3. The van der Waals surface area contributed by atoms with Crippen LogP contribution in [0, 0.1) is 9.39 Å². The predicted molar refractivity (Wildman–Crippen MR) is 89.3 cm³/mol. The van der Waals surface area contributed by atoms with E-state index in [0.717, 1.165) is 11.4 Å². The highest BCUT2D eigenvalue weighted by Gasteiger charge is 2.13. The fourth-order valence-corrected chi connectivity index (χ4v) is 2.67. The van der Waals surface area contributed by atoms with E-state index in [9.17, 15) is 4.39 Å². The average molecular weight is 397 g/mol. The van der Waals surface area contributed by atoms with Crippen LogP contribution < -0.4 is 10.5 Å². The molecular weight excluding hydrogens is 384 g/mol. The topological polar surface area (TPSA) is 53.1 Å². The molecule has 0 aliphatic rings. The Bertz CT molecular complexity index is 799. The summed E-state index contributed by atoms with van der Waals surface area (Å²) in [4.78, 5) is 4.29. The van der Waals surface area contributed by atoms with Crippen molar-refractivity contribution in [1.82, 2.24) is 9.55 Å². The van der Waals surface area contributed by atoms with Gasteiger partial charge in [-0.25, -0.2) is 9.37 Å². The first kappa shape index (κ1) is 14.1. The molecule has 2 N–H and O–H groups in total. The van der Waals surface area contributed by atoms with E-state index in [-0.39, 0.29) is 5.82 Å². The fourth-order valence-electron chi connectivity index (χ4n) is 2.22. The molecule has 2 aromatic carbocycles. The molecule has 0 unspecified atom stereocenters. The number of fused-ring (bicyclic) bond motifs is 1. The summed E-state index contributed by atoms with van der Waals surface area (Å²) in [6.45, 7) is 2.54. The van der Waals surface area contributed by atoms with E-state index in [4.69, 9.17) is 10.5 Å². The molecule has 0 bridgehead atoms. The lowest BCUT2D eigenvalue weighted by Gasteiger charge is -2.08. The van der Waals surface area contributed by atoms with E-state index in [1.54, 1.807) is 10.6 Å². The second-order valence-corrected chi connectivity index (χ2v) is 5.65. The van der Waals surface area contributed by atoms with Gasteiger partial charge in [-0.3, -0.25) is 4.57 Å². The van der Waals surface area contributed by atoms with E-state index in [2.05, 4.69) is 4.98 Å². The average Bonchev–Trinajstić information content (AvgIpc) is 2.76. The molecule has 0 fully saturated rings.